The van der Waals surface area contributed by atoms with E-state index < -0.39 is 18.0 Å². The number of nitrogens with two attached hydrogens (primary N) is 1. The number of halogens is 4. The Hall–Kier alpha value is -2.48. The number of hydrogen-bond donors (Lipinski definition) is 2. The number of nitrogens with zero attached hydrogens (tertiary/aromatic N) is 1. The third kappa shape index (κ3) is 4.26. The van der Waals surface area contributed by atoms with Crippen molar-refractivity contribution in [3.63, 3.8) is 0 Å². The van der Waals surface area contributed by atoms with Gasteiger partial charge in [0, 0.05) is 5.56 Å². The van der Waals surface area contributed by atoms with E-state index in [1.165, 1.54) is 18.3 Å². The Morgan fingerprint density at radius 1 is 1.27 bits per heavy atom. The number of anilines is 2. The van der Waals surface area contributed by atoms with Crippen LogP contribution in [0.15, 0.2) is 36.5 Å². The molecule has 1 aromatic carbocycles. The van der Waals surface area contributed by atoms with E-state index in [1.54, 1.807) is 0 Å². The summed E-state index contributed by atoms with van der Waals surface area (Å²) in [7, 11) is 0. The number of carbonyl (C=O) groups is 1. The smallest absolute Gasteiger partial charge is 0.404 e. The molecule has 2 aromatic rings. The van der Waals surface area contributed by atoms with Crippen LogP contribution < -0.4 is 15.8 Å². The fraction of sp³-hybridized carbons (Fsp3) is 0.0769. The highest BCUT2D eigenvalue weighted by Gasteiger charge is 2.32. The molecule has 1 amide bonds. The van der Waals surface area contributed by atoms with E-state index in [4.69, 9.17) is 17.3 Å². The Bertz CT molecular complexity index is 690. The van der Waals surface area contributed by atoms with Gasteiger partial charge in [-0.25, -0.2) is 4.98 Å². The second-order valence-electron chi connectivity index (χ2n) is 4.12. The molecule has 9 heteroatoms. The number of nitrogen functional groups attached to an aromatic ring is 1. The maximum atomic E-state index is 12.1. The van der Waals surface area contributed by atoms with E-state index >= 15 is 0 Å². The summed E-state index contributed by atoms with van der Waals surface area (Å²) in [4.78, 5) is 15.7. The fourth-order valence-electron chi connectivity index (χ4n) is 1.56. The summed E-state index contributed by atoms with van der Waals surface area (Å²) < 4.78 is 40.1. The van der Waals surface area contributed by atoms with E-state index in [0.29, 0.717) is 5.69 Å². The van der Waals surface area contributed by atoms with Crippen LogP contribution in [0.2, 0.25) is 5.15 Å². The van der Waals surface area contributed by atoms with Gasteiger partial charge in [-0.3, -0.25) is 4.79 Å². The fourth-order valence-corrected chi connectivity index (χ4v) is 1.67. The van der Waals surface area contributed by atoms with Crippen molar-refractivity contribution in [3.8, 4) is 5.75 Å². The van der Waals surface area contributed by atoms with Gasteiger partial charge in [0.05, 0.1) is 17.6 Å². The first-order chi connectivity index (χ1) is 10.2. The van der Waals surface area contributed by atoms with E-state index in [-0.39, 0.29) is 16.4 Å². The molecule has 0 fully saturated rings. The maximum absolute atomic E-state index is 12.1. The lowest BCUT2D eigenvalue weighted by molar-refractivity contribution is -0.274. The molecule has 0 atom stereocenters. The molecule has 0 aliphatic heterocycles. The van der Waals surface area contributed by atoms with E-state index in [2.05, 4.69) is 15.0 Å². The number of rotatable bonds is 3. The van der Waals surface area contributed by atoms with Crippen LogP contribution in [0.3, 0.4) is 0 Å². The maximum Gasteiger partial charge on any atom is 0.573 e. The molecule has 3 N–H and O–H groups in total. The molecule has 116 valence electrons. The van der Waals surface area contributed by atoms with Crippen molar-refractivity contribution < 1.29 is 22.7 Å². The molecule has 0 saturated carbocycles. The highest BCUT2D eigenvalue weighted by molar-refractivity contribution is 6.29. The summed E-state index contributed by atoms with van der Waals surface area (Å²) in [5.74, 6) is -1.13. The standard InChI is InChI=1S/C13H9ClF3N3O2/c14-11-4-2-8(6-19-11)20-12(21)7-1-3-10(9(18)5-7)22-13(15,16)17/h1-6H,18H2,(H,20,21). The zero-order valence-electron chi connectivity index (χ0n) is 10.8. The Kier molecular flexibility index (Phi) is 4.41. The average Bonchev–Trinajstić information content (AvgIpc) is 2.42. The van der Waals surface area contributed by atoms with Crippen LogP contribution in [0.4, 0.5) is 24.5 Å². The van der Waals surface area contributed by atoms with Crippen LogP contribution in [-0.4, -0.2) is 17.3 Å². The van der Waals surface area contributed by atoms with Gasteiger partial charge >= 0.3 is 6.36 Å². The Labute approximate surface area is 127 Å². The van der Waals surface area contributed by atoms with E-state index in [9.17, 15) is 18.0 Å². The van der Waals surface area contributed by atoms with Crippen molar-refractivity contribution in [1.29, 1.82) is 0 Å². The van der Waals surface area contributed by atoms with Gasteiger partial charge in [0.15, 0.2) is 5.75 Å². The zero-order chi connectivity index (χ0) is 16.3. The van der Waals surface area contributed by atoms with Gasteiger partial charge in [0.2, 0.25) is 0 Å². The lowest BCUT2D eigenvalue weighted by atomic mass is 10.1. The topological polar surface area (TPSA) is 77.2 Å². The normalized spacial score (nSPS) is 11.1. The minimum atomic E-state index is -4.85. The lowest BCUT2D eigenvalue weighted by Crippen LogP contribution is -2.18. The molecule has 0 unspecified atom stereocenters. The number of amides is 1. The summed E-state index contributed by atoms with van der Waals surface area (Å²) in [5.41, 5.74) is 5.59. The first-order valence-corrected chi connectivity index (χ1v) is 6.20. The minimum absolute atomic E-state index is 0.0713. The van der Waals surface area contributed by atoms with E-state index in [0.717, 1.165) is 18.2 Å². The highest BCUT2D eigenvalue weighted by Crippen LogP contribution is 2.29. The third-order valence-corrected chi connectivity index (χ3v) is 2.71. The molecular formula is C13H9ClF3N3O2. The number of pyridine rings is 1. The van der Waals surface area contributed by atoms with Gasteiger partial charge in [-0.1, -0.05) is 11.6 Å². The van der Waals surface area contributed by atoms with Crippen LogP contribution in [0.1, 0.15) is 10.4 Å². The highest BCUT2D eigenvalue weighted by atomic mass is 35.5. The van der Waals surface area contributed by atoms with Crippen LogP contribution in [-0.2, 0) is 0 Å². The lowest BCUT2D eigenvalue weighted by Gasteiger charge is -2.12. The quantitative estimate of drug-likeness (QED) is 0.667. The summed E-state index contributed by atoms with van der Waals surface area (Å²) >= 11 is 5.61. The molecule has 0 aliphatic carbocycles. The number of nitrogens with one attached hydrogen (secondary N) is 1. The van der Waals surface area contributed by atoms with Gasteiger partial charge in [-0.2, -0.15) is 0 Å². The molecule has 0 aliphatic rings. The Balaban J connectivity index is 2.13. The predicted molar refractivity (Wildman–Crippen MR) is 74.7 cm³/mol. The number of carbonyl (C=O) groups excluding carboxylic acids is 1. The van der Waals surface area contributed by atoms with Crippen LogP contribution in [0, 0.1) is 0 Å². The van der Waals surface area contributed by atoms with Crippen LogP contribution >= 0.6 is 11.6 Å². The minimum Gasteiger partial charge on any atom is -0.404 e. The largest absolute Gasteiger partial charge is 0.573 e. The number of hydrogen-bond acceptors (Lipinski definition) is 4. The summed E-state index contributed by atoms with van der Waals surface area (Å²) in [6, 6.07) is 6.22. The molecule has 1 aromatic heterocycles. The average molecular weight is 332 g/mol. The molecule has 0 spiro atoms. The number of aromatic nitrogens is 1. The van der Waals surface area contributed by atoms with Crippen LogP contribution in [0.5, 0.6) is 5.75 Å². The number of benzene rings is 1. The molecule has 0 bridgehead atoms. The van der Waals surface area contributed by atoms with E-state index in [1.807, 2.05) is 0 Å². The molecule has 0 radical (unpaired) electrons. The van der Waals surface area contributed by atoms with Crippen molar-refractivity contribution in [3.05, 3.63) is 47.2 Å². The first kappa shape index (κ1) is 15.9. The molecule has 2 rings (SSSR count). The molecule has 22 heavy (non-hydrogen) atoms. The second kappa shape index (κ2) is 6.10. The number of alkyl halides is 3. The molecule has 5 nitrogen and oxygen atoms in total. The SMILES string of the molecule is Nc1cc(C(=O)Nc2ccc(Cl)nc2)ccc1OC(F)(F)F. The van der Waals surface area contributed by atoms with Crippen molar-refractivity contribution in [1.82, 2.24) is 4.98 Å². The van der Waals surface area contributed by atoms with Gasteiger partial charge in [0.1, 0.15) is 5.15 Å². The predicted octanol–water partition coefficient (Wildman–Crippen LogP) is 3.47. The van der Waals surface area contributed by atoms with Crippen molar-refractivity contribution in [2.45, 2.75) is 6.36 Å². The monoisotopic (exact) mass is 331 g/mol. The second-order valence-corrected chi connectivity index (χ2v) is 4.51. The first-order valence-electron chi connectivity index (χ1n) is 5.83. The zero-order valence-corrected chi connectivity index (χ0v) is 11.6. The van der Waals surface area contributed by atoms with Gasteiger partial charge in [-0.05, 0) is 30.3 Å². The third-order valence-electron chi connectivity index (χ3n) is 2.48. The van der Waals surface area contributed by atoms with Crippen molar-refractivity contribution in [2.24, 2.45) is 0 Å². The molecule has 1 heterocycles. The van der Waals surface area contributed by atoms with Crippen molar-refractivity contribution in [2.75, 3.05) is 11.1 Å². The summed E-state index contributed by atoms with van der Waals surface area (Å²) in [6.07, 6.45) is -3.52. The van der Waals surface area contributed by atoms with Crippen molar-refractivity contribution >= 4 is 28.9 Å². The summed E-state index contributed by atoms with van der Waals surface area (Å²) in [6.45, 7) is 0. The van der Waals surface area contributed by atoms with Crippen LogP contribution in [0.25, 0.3) is 0 Å². The molecular weight excluding hydrogens is 323 g/mol. The van der Waals surface area contributed by atoms with Gasteiger partial charge in [-0.15, -0.1) is 13.2 Å². The molecule has 0 saturated heterocycles. The Morgan fingerprint density at radius 3 is 2.55 bits per heavy atom. The number of ether oxygens (including phenoxy) is 1. The Morgan fingerprint density at radius 2 is 2.00 bits per heavy atom. The van der Waals surface area contributed by atoms with Gasteiger partial charge < -0.3 is 15.8 Å². The summed E-state index contributed by atoms with van der Waals surface area (Å²) in [5, 5.41) is 2.76. The van der Waals surface area contributed by atoms with Gasteiger partial charge in [0.25, 0.3) is 5.91 Å².